The first-order valence-corrected chi connectivity index (χ1v) is 10.8. The summed E-state index contributed by atoms with van der Waals surface area (Å²) in [5.74, 6) is 0.402. The number of hydrogen-bond donors (Lipinski definition) is 0. The SMILES string of the molecule is CN1C(=O)/C(=C/c2c(N3CCc4ccccc4C3)nc3ccccn3c2=O)SC1=S. The van der Waals surface area contributed by atoms with Gasteiger partial charge in [-0.1, -0.05) is 54.3 Å². The zero-order valence-corrected chi connectivity index (χ0v) is 17.9. The van der Waals surface area contributed by atoms with Crippen LogP contribution in [0.3, 0.4) is 0 Å². The number of likely N-dealkylation sites (N-methyl/N-ethyl adjacent to an activating group) is 1. The number of amides is 1. The second kappa shape index (κ2) is 7.37. The third kappa shape index (κ3) is 3.12. The summed E-state index contributed by atoms with van der Waals surface area (Å²) in [7, 11) is 1.65. The van der Waals surface area contributed by atoms with E-state index in [1.165, 1.54) is 32.2 Å². The Morgan fingerprint density at radius 3 is 2.63 bits per heavy atom. The molecule has 3 aromatic rings. The average molecular weight is 435 g/mol. The molecule has 0 spiro atoms. The molecular weight excluding hydrogens is 416 g/mol. The summed E-state index contributed by atoms with van der Waals surface area (Å²) in [6, 6.07) is 13.8. The maximum atomic E-state index is 13.4. The van der Waals surface area contributed by atoms with E-state index in [-0.39, 0.29) is 11.5 Å². The summed E-state index contributed by atoms with van der Waals surface area (Å²) < 4.78 is 1.99. The molecule has 0 N–H and O–H groups in total. The van der Waals surface area contributed by atoms with Gasteiger partial charge in [0.1, 0.15) is 15.8 Å². The van der Waals surface area contributed by atoms with Crippen LogP contribution in [0.4, 0.5) is 5.82 Å². The number of thiocarbonyl (C=S) groups is 1. The lowest BCUT2D eigenvalue weighted by atomic mass is 9.99. The van der Waals surface area contributed by atoms with Crippen molar-refractivity contribution in [3.05, 3.63) is 80.6 Å². The lowest BCUT2D eigenvalue weighted by Crippen LogP contribution is -2.34. The van der Waals surface area contributed by atoms with E-state index in [4.69, 9.17) is 17.2 Å². The predicted molar refractivity (Wildman–Crippen MR) is 124 cm³/mol. The third-order valence-corrected chi connectivity index (χ3v) is 6.93. The van der Waals surface area contributed by atoms with Crippen molar-refractivity contribution in [3.8, 4) is 0 Å². The summed E-state index contributed by atoms with van der Waals surface area (Å²) >= 11 is 6.45. The van der Waals surface area contributed by atoms with Crippen LogP contribution in [0.15, 0.2) is 58.4 Å². The number of rotatable bonds is 2. The van der Waals surface area contributed by atoms with E-state index in [1.807, 2.05) is 24.3 Å². The van der Waals surface area contributed by atoms with Crippen molar-refractivity contribution in [1.29, 1.82) is 0 Å². The van der Waals surface area contributed by atoms with Crippen molar-refractivity contribution in [3.63, 3.8) is 0 Å². The fraction of sp³-hybridized carbons (Fsp3) is 0.182. The van der Waals surface area contributed by atoms with Crippen LogP contribution >= 0.6 is 24.0 Å². The monoisotopic (exact) mass is 434 g/mol. The minimum Gasteiger partial charge on any atom is -0.351 e. The Bertz CT molecular complexity index is 1300. The van der Waals surface area contributed by atoms with Gasteiger partial charge in [0.2, 0.25) is 0 Å². The molecule has 2 aliphatic rings. The average Bonchev–Trinajstić information content (AvgIpc) is 3.01. The maximum Gasteiger partial charge on any atom is 0.267 e. The van der Waals surface area contributed by atoms with E-state index in [9.17, 15) is 9.59 Å². The fourth-order valence-corrected chi connectivity index (χ4v) is 4.97. The number of hydrogen-bond acceptors (Lipinski definition) is 6. The molecule has 1 fully saturated rings. The molecule has 0 bridgehead atoms. The molecule has 1 amide bonds. The van der Waals surface area contributed by atoms with Crippen molar-refractivity contribution < 1.29 is 4.79 Å². The van der Waals surface area contributed by atoms with Crippen molar-refractivity contribution in [2.24, 2.45) is 0 Å². The Labute approximate surface area is 182 Å². The Morgan fingerprint density at radius 2 is 1.87 bits per heavy atom. The number of benzene rings is 1. The van der Waals surface area contributed by atoms with Crippen molar-refractivity contribution in [2.75, 3.05) is 18.5 Å². The van der Waals surface area contributed by atoms with Crippen molar-refractivity contribution in [1.82, 2.24) is 14.3 Å². The number of nitrogens with zero attached hydrogens (tertiary/aromatic N) is 4. The highest BCUT2D eigenvalue weighted by molar-refractivity contribution is 8.26. The fourth-order valence-electron chi connectivity index (χ4n) is 3.81. The smallest absolute Gasteiger partial charge is 0.267 e. The largest absolute Gasteiger partial charge is 0.351 e. The van der Waals surface area contributed by atoms with Crippen molar-refractivity contribution in [2.45, 2.75) is 13.0 Å². The molecule has 0 radical (unpaired) electrons. The van der Waals surface area contributed by atoms with Gasteiger partial charge < -0.3 is 4.90 Å². The number of thioether (sulfide) groups is 1. The quantitative estimate of drug-likeness (QED) is 0.456. The Kier molecular flexibility index (Phi) is 4.67. The molecule has 4 heterocycles. The minimum atomic E-state index is -0.198. The summed E-state index contributed by atoms with van der Waals surface area (Å²) in [5, 5.41) is 0. The molecule has 0 atom stereocenters. The molecule has 6 nitrogen and oxygen atoms in total. The Balaban J connectivity index is 1.68. The second-order valence-corrected chi connectivity index (χ2v) is 8.94. The van der Waals surface area contributed by atoms with Gasteiger partial charge in [-0.2, -0.15) is 0 Å². The minimum absolute atomic E-state index is 0.197. The number of carbonyl (C=O) groups excluding carboxylic acids is 1. The van der Waals surface area contributed by atoms with Gasteiger partial charge in [-0.05, 0) is 35.8 Å². The van der Waals surface area contributed by atoms with Crippen molar-refractivity contribution >= 4 is 51.7 Å². The van der Waals surface area contributed by atoms with Gasteiger partial charge in [0.15, 0.2) is 0 Å². The molecule has 5 rings (SSSR count). The summed E-state index contributed by atoms with van der Waals surface area (Å²) in [6.45, 7) is 1.42. The molecule has 30 heavy (non-hydrogen) atoms. The molecule has 0 saturated carbocycles. The molecule has 2 aliphatic heterocycles. The topological polar surface area (TPSA) is 57.9 Å². The van der Waals surface area contributed by atoms with E-state index >= 15 is 0 Å². The number of aromatic nitrogens is 2. The van der Waals surface area contributed by atoms with Crippen LogP contribution in [-0.2, 0) is 17.8 Å². The standard InChI is InChI=1S/C22H18N4O2S2/c1-24-21(28)17(30-22(24)29)12-16-19(23-18-8-4-5-10-26(18)20(16)27)25-11-9-14-6-2-3-7-15(14)13-25/h2-8,10,12H,9,11,13H2,1H3/b17-12-. The molecule has 8 heteroatoms. The zero-order chi connectivity index (χ0) is 20.8. The van der Waals surface area contributed by atoms with Gasteiger partial charge in [0.25, 0.3) is 11.5 Å². The van der Waals surface area contributed by atoms with Gasteiger partial charge in [0, 0.05) is 26.3 Å². The number of anilines is 1. The highest BCUT2D eigenvalue weighted by atomic mass is 32.2. The van der Waals surface area contributed by atoms with Gasteiger partial charge in [0.05, 0.1) is 10.5 Å². The Morgan fingerprint density at radius 1 is 1.10 bits per heavy atom. The molecule has 1 saturated heterocycles. The zero-order valence-electron chi connectivity index (χ0n) is 16.2. The first kappa shape index (κ1) is 19.0. The highest BCUT2D eigenvalue weighted by Crippen LogP contribution is 2.33. The van der Waals surface area contributed by atoms with Crippen LogP contribution in [0.5, 0.6) is 0 Å². The first-order valence-electron chi connectivity index (χ1n) is 9.57. The van der Waals surface area contributed by atoms with E-state index in [2.05, 4.69) is 17.0 Å². The van der Waals surface area contributed by atoms with Gasteiger partial charge in [-0.15, -0.1) is 0 Å². The summed E-state index contributed by atoms with van der Waals surface area (Å²) in [4.78, 5) is 34.7. The molecule has 0 aliphatic carbocycles. The number of pyridine rings is 1. The molecule has 2 aromatic heterocycles. The third-order valence-electron chi connectivity index (χ3n) is 5.44. The lowest BCUT2D eigenvalue weighted by molar-refractivity contribution is -0.121. The second-order valence-electron chi connectivity index (χ2n) is 7.26. The molecular formula is C22H18N4O2S2. The highest BCUT2D eigenvalue weighted by Gasteiger charge is 2.30. The number of carbonyl (C=O) groups is 1. The first-order chi connectivity index (χ1) is 14.5. The van der Waals surface area contributed by atoms with Gasteiger partial charge in [-0.3, -0.25) is 18.9 Å². The normalized spacial score (nSPS) is 17.8. The van der Waals surface area contributed by atoms with E-state index in [0.717, 1.165) is 13.0 Å². The summed E-state index contributed by atoms with van der Waals surface area (Å²) in [6.07, 6.45) is 4.22. The summed E-state index contributed by atoms with van der Waals surface area (Å²) in [5.41, 5.74) is 3.34. The van der Waals surface area contributed by atoms with E-state index in [0.29, 0.717) is 32.8 Å². The van der Waals surface area contributed by atoms with Gasteiger partial charge >= 0.3 is 0 Å². The molecule has 150 valence electrons. The van der Waals surface area contributed by atoms with Crippen LogP contribution in [0.2, 0.25) is 0 Å². The van der Waals surface area contributed by atoms with Gasteiger partial charge in [-0.25, -0.2) is 4.98 Å². The van der Waals surface area contributed by atoms with Crippen LogP contribution < -0.4 is 10.5 Å². The molecule has 0 unspecified atom stereocenters. The number of fused-ring (bicyclic) bond motifs is 2. The van der Waals surface area contributed by atoms with Crippen LogP contribution in [0.1, 0.15) is 16.7 Å². The lowest BCUT2D eigenvalue weighted by Gasteiger charge is -2.30. The van der Waals surface area contributed by atoms with E-state index in [1.54, 1.807) is 25.4 Å². The van der Waals surface area contributed by atoms with Crippen LogP contribution in [0.25, 0.3) is 11.7 Å². The van der Waals surface area contributed by atoms with Crippen LogP contribution in [-0.4, -0.2) is 38.1 Å². The van der Waals surface area contributed by atoms with E-state index < -0.39 is 0 Å². The van der Waals surface area contributed by atoms with Crippen LogP contribution in [0, 0.1) is 0 Å². The predicted octanol–water partition coefficient (Wildman–Crippen LogP) is 3.09. The molecule has 1 aromatic carbocycles. The maximum absolute atomic E-state index is 13.4. The Hall–Kier alpha value is -2.97.